The van der Waals surface area contributed by atoms with Crippen molar-refractivity contribution in [2.24, 2.45) is 0 Å². The van der Waals surface area contributed by atoms with Crippen molar-refractivity contribution in [2.75, 3.05) is 13.2 Å². The van der Waals surface area contributed by atoms with E-state index in [2.05, 4.69) is 26.1 Å². The molecule has 2 heterocycles. The first kappa shape index (κ1) is 13.7. The summed E-state index contributed by atoms with van der Waals surface area (Å²) in [6.45, 7) is 5.06. The van der Waals surface area contributed by atoms with Crippen LogP contribution in [-0.4, -0.2) is 35.0 Å². The first-order chi connectivity index (χ1) is 8.56. The number of nitrogens with zero attached hydrogens (tertiary/aromatic N) is 1. The van der Waals surface area contributed by atoms with Crippen molar-refractivity contribution in [3.05, 3.63) is 15.9 Å². The van der Waals surface area contributed by atoms with E-state index in [-0.39, 0.29) is 5.78 Å². The largest absolute Gasteiger partial charge is 0.348 e. The van der Waals surface area contributed by atoms with Crippen LogP contribution >= 0.6 is 15.9 Å². The van der Waals surface area contributed by atoms with Crippen molar-refractivity contribution < 1.29 is 14.3 Å². The minimum absolute atomic E-state index is 0.00171. The Morgan fingerprint density at radius 1 is 1.50 bits per heavy atom. The SMILES string of the molecule is CCc1[nH]nc(C(=O)CCC2(C)OCCO2)c1Br. The summed E-state index contributed by atoms with van der Waals surface area (Å²) in [7, 11) is 0. The molecule has 100 valence electrons. The molecule has 18 heavy (non-hydrogen) atoms. The van der Waals surface area contributed by atoms with E-state index in [1.807, 2.05) is 13.8 Å². The molecule has 1 fully saturated rings. The molecule has 0 spiro atoms. The summed E-state index contributed by atoms with van der Waals surface area (Å²) in [5.41, 5.74) is 1.41. The Kier molecular flexibility index (Phi) is 4.19. The standard InChI is InChI=1S/C12H17BrN2O3/c1-3-8-10(13)11(15-14-8)9(16)4-5-12(2)17-6-7-18-12/h3-7H2,1-2H3,(H,14,15). The van der Waals surface area contributed by atoms with Crippen LogP contribution in [0.2, 0.25) is 0 Å². The number of hydrogen-bond donors (Lipinski definition) is 1. The number of aryl methyl sites for hydroxylation is 1. The zero-order chi connectivity index (χ0) is 13.2. The lowest BCUT2D eigenvalue weighted by atomic mass is 10.1. The van der Waals surface area contributed by atoms with Gasteiger partial charge in [0.15, 0.2) is 11.6 Å². The molecule has 0 radical (unpaired) electrons. The summed E-state index contributed by atoms with van der Waals surface area (Å²) in [6.07, 6.45) is 1.72. The number of aromatic amines is 1. The zero-order valence-electron chi connectivity index (χ0n) is 10.6. The summed E-state index contributed by atoms with van der Waals surface area (Å²) < 4.78 is 11.7. The van der Waals surface area contributed by atoms with Gasteiger partial charge in [0.1, 0.15) is 5.69 Å². The van der Waals surface area contributed by atoms with Gasteiger partial charge in [0.05, 0.1) is 17.7 Å². The predicted octanol–water partition coefficient (Wildman–Crippen LogP) is 2.46. The fourth-order valence-electron chi connectivity index (χ4n) is 1.94. The molecule has 1 aliphatic rings. The topological polar surface area (TPSA) is 64.2 Å². The molecule has 0 saturated carbocycles. The number of ether oxygens (including phenoxy) is 2. The molecule has 6 heteroatoms. The Balaban J connectivity index is 1.97. The molecule has 0 amide bonds. The van der Waals surface area contributed by atoms with Crippen molar-refractivity contribution in [3.8, 4) is 0 Å². The lowest BCUT2D eigenvalue weighted by molar-refractivity contribution is -0.145. The Hall–Kier alpha value is -0.720. The highest BCUT2D eigenvalue weighted by Gasteiger charge is 2.32. The van der Waals surface area contributed by atoms with E-state index in [0.717, 1.165) is 16.6 Å². The van der Waals surface area contributed by atoms with Gasteiger partial charge < -0.3 is 9.47 Å². The van der Waals surface area contributed by atoms with Crippen LogP contribution in [0.25, 0.3) is 0 Å². The number of aromatic nitrogens is 2. The molecule has 1 aromatic heterocycles. The number of nitrogens with one attached hydrogen (secondary N) is 1. The number of Topliss-reactive ketones (excluding diaryl/α,β-unsaturated/α-hetero) is 1. The number of halogens is 1. The molecular formula is C12H17BrN2O3. The number of carbonyl (C=O) groups excluding carboxylic acids is 1. The average molecular weight is 317 g/mol. The van der Waals surface area contributed by atoms with Crippen molar-refractivity contribution in [1.82, 2.24) is 10.2 Å². The van der Waals surface area contributed by atoms with E-state index in [4.69, 9.17) is 9.47 Å². The van der Waals surface area contributed by atoms with Gasteiger partial charge in [0.25, 0.3) is 0 Å². The van der Waals surface area contributed by atoms with Crippen LogP contribution in [0.3, 0.4) is 0 Å². The first-order valence-corrected chi connectivity index (χ1v) is 6.89. The number of carbonyl (C=O) groups is 1. The normalized spacial score (nSPS) is 18.2. The monoisotopic (exact) mass is 316 g/mol. The minimum atomic E-state index is -0.619. The molecule has 0 bridgehead atoms. The third-order valence-electron chi connectivity index (χ3n) is 3.10. The second-order valence-corrected chi connectivity index (χ2v) is 5.27. The second-order valence-electron chi connectivity index (χ2n) is 4.47. The average Bonchev–Trinajstić information content (AvgIpc) is 2.93. The maximum atomic E-state index is 12.1. The Morgan fingerprint density at radius 2 is 2.17 bits per heavy atom. The summed E-state index contributed by atoms with van der Waals surface area (Å²) >= 11 is 3.40. The van der Waals surface area contributed by atoms with Crippen LogP contribution in [0.15, 0.2) is 4.47 Å². The van der Waals surface area contributed by atoms with Gasteiger partial charge in [0.2, 0.25) is 0 Å². The van der Waals surface area contributed by atoms with Crippen LogP contribution < -0.4 is 0 Å². The molecular weight excluding hydrogens is 300 g/mol. The van der Waals surface area contributed by atoms with Gasteiger partial charge in [-0.3, -0.25) is 9.89 Å². The molecule has 0 aliphatic carbocycles. The quantitative estimate of drug-likeness (QED) is 0.847. The molecule has 1 saturated heterocycles. The minimum Gasteiger partial charge on any atom is -0.348 e. The molecule has 5 nitrogen and oxygen atoms in total. The van der Waals surface area contributed by atoms with Gasteiger partial charge >= 0.3 is 0 Å². The van der Waals surface area contributed by atoms with E-state index in [1.54, 1.807) is 0 Å². The molecule has 0 atom stereocenters. The van der Waals surface area contributed by atoms with Crippen LogP contribution in [0.1, 0.15) is 42.9 Å². The van der Waals surface area contributed by atoms with Crippen LogP contribution in [-0.2, 0) is 15.9 Å². The molecule has 1 aliphatic heterocycles. The van der Waals surface area contributed by atoms with Crippen molar-refractivity contribution in [2.45, 2.75) is 38.9 Å². The molecule has 0 aromatic carbocycles. The Bertz CT molecular complexity index is 439. The van der Waals surface area contributed by atoms with Crippen LogP contribution in [0.5, 0.6) is 0 Å². The number of H-pyrrole nitrogens is 1. The van der Waals surface area contributed by atoms with Crippen LogP contribution in [0.4, 0.5) is 0 Å². The third kappa shape index (κ3) is 2.81. The van der Waals surface area contributed by atoms with Gasteiger partial charge in [-0.2, -0.15) is 5.10 Å². The lowest BCUT2D eigenvalue weighted by Crippen LogP contribution is -2.26. The lowest BCUT2D eigenvalue weighted by Gasteiger charge is -2.21. The van der Waals surface area contributed by atoms with Gasteiger partial charge in [-0.25, -0.2) is 0 Å². The highest BCUT2D eigenvalue weighted by atomic mass is 79.9. The maximum absolute atomic E-state index is 12.1. The van der Waals surface area contributed by atoms with Crippen molar-refractivity contribution in [3.63, 3.8) is 0 Å². The van der Waals surface area contributed by atoms with Crippen LogP contribution in [0, 0.1) is 0 Å². The molecule has 1 N–H and O–H groups in total. The highest BCUT2D eigenvalue weighted by molar-refractivity contribution is 9.10. The smallest absolute Gasteiger partial charge is 0.184 e. The van der Waals surface area contributed by atoms with E-state index < -0.39 is 5.79 Å². The van der Waals surface area contributed by atoms with E-state index in [1.165, 1.54) is 0 Å². The van der Waals surface area contributed by atoms with Gasteiger partial charge in [-0.15, -0.1) is 0 Å². The van der Waals surface area contributed by atoms with Gasteiger partial charge in [-0.05, 0) is 29.3 Å². The van der Waals surface area contributed by atoms with Gasteiger partial charge in [-0.1, -0.05) is 6.92 Å². The van der Waals surface area contributed by atoms with E-state index in [9.17, 15) is 4.79 Å². The highest BCUT2D eigenvalue weighted by Crippen LogP contribution is 2.26. The zero-order valence-corrected chi connectivity index (χ0v) is 12.2. The van der Waals surface area contributed by atoms with E-state index >= 15 is 0 Å². The first-order valence-electron chi connectivity index (χ1n) is 6.09. The molecule has 2 rings (SSSR count). The summed E-state index contributed by atoms with van der Waals surface area (Å²) in [5.74, 6) is -0.621. The molecule has 0 unspecified atom stereocenters. The Labute approximate surface area is 114 Å². The van der Waals surface area contributed by atoms with E-state index in [0.29, 0.717) is 31.7 Å². The van der Waals surface area contributed by atoms with Gasteiger partial charge in [0, 0.05) is 18.5 Å². The number of rotatable bonds is 5. The summed E-state index contributed by atoms with van der Waals surface area (Å²) in [5, 5.41) is 6.91. The fourth-order valence-corrected chi connectivity index (χ4v) is 2.62. The van der Waals surface area contributed by atoms with Crippen molar-refractivity contribution >= 4 is 21.7 Å². The fraction of sp³-hybridized carbons (Fsp3) is 0.667. The Morgan fingerprint density at radius 3 is 2.72 bits per heavy atom. The summed E-state index contributed by atoms with van der Waals surface area (Å²) in [4.78, 5) is 12.1. The summed E-state index contributed by atoms with van der Waals surface area (Å²) in [6, 6.07) is 0. The molecule has 1 aromatic rings. The number of ketones is 1. The predicted molar refractivity (Wildman–Crippen MR) is 69.5 cm³/mol. The van der Waals surface area contributed by atoms with Crippen molar-refractivity contribution in [1.29, 1.82) is 0 Å². The number of hydrogen-bond acceptors (Lipinski definition) is 4. The third-order valence-corrected chi connectivity index (χ3v) is 3.95. The second kappa shape index (κ2) is 5.50. The maximum Gasteiger partial charge on any atom is 0.184 e.